The van der Waals surface area contributed by atoms with E-state index in [1.165, 1.54) is 4.90 Å². The second-order valence-corrected chi connectivity index (χ2v) is 6.00. The fraction of sp³-hybridized carbons (Fsp3) is 0.375. The molecule has 12 heteroatoms. The van der Waals surface area contributed by atoms with Gasteiger partial charge in [0.05, 0.1) is 23.0 Å². The van der Waals surface area contributed by atoms with Crippen LogP contribution in [0.2, 0.25) is 0 Å². The molecule has 0 atom stereocenters. The number of amides is 1. The van der Waals surface area contributed by atoms with E-state index in [0.29, 0.717) is 38.3 Å². The minimum atomic E-state index is -4.99. The van der Waals surface area contributed by atoms with Crippen LogP contribution in [0.4, 0.5) is 26.3 Å². The topological polar surface area (TPSA) is 71.0 Å². The molecule has 0 unspecified atom stereocenters. The van der Waals surface area contributed by atoms with Gasteiger partial charge in [0.15, 0.2) is 0 Å². The van der Waals surface area contributed by atoms with Crippen molar-refractivity contribution in [3.63, 3.8) is 0 Å². The monoisotopic (exact) mass is 405 g/mol. The van der Waals surface area contributed by atoms with Gasteiger partial charge in [-0.2, -0.15) is 31.4 Å². The zero-order valence-corrected chi connectivity index (χ0v) is 14.1. The van der Waals surface area contributed by atoms with Crippen molar-refractivity contribution in [2.75, 3.05) is 26.2 Å². The van der Waals surface area contributed by atoms with Gasteiger partial charge in [-0.3, -0.25) is 4.79 Å². The molecule has 2 aromatic rings. The summed E-state index contributed by atoms with van der Waals surface area (Å²) in [7, 11) is 0. The number of halogens is 6. The van der Waals surface area contributed by atoms with Crippen molar-refractivity contribution in [3.8, 4) is 11.3 Å². The normalized spacial score (nSPS) is 15.6. The molecule has 6 nitrogen and oxygen atoms in total. The standard InChI is InChI=1S/C16H13F6N5O/c17-15(18,19)10-5-9(6-11(7-10)16(20,21)22)12-8-24-26-13(25-12)14(28)27-3-1-23-2-4-27/h5-8,23H,1-4H2. The molecular weight excluding hydrogens is 392 g/mol. The Morgan fingerprint density at radius 3 is 2.07 bits per heavy atom. The number of nitrogens with one attached hydrogen (secondary N) is 1. The highest BCUT2D eigenvalue weighted by Crippen LogP contribution is 2.38. The third-order valence-corrected chi connectivity index (χ3v) is 4.04. The highest BCUT2D eigenvalue weighted by atomic mass is 19.4. The number of aromatic nitrogens is 3. The lowest BCUT2D eigenvalue weighted by atomic mass is 10.0. The van der Waals surface area contributed by atoms with Crippen LogP contribution in [-0.2, 0) is 12.4 Å². The van der Waals surface area contributed by atoms with Crippen LogP contribution in [-0.4, -0.2) is 52.2 Å². The lowest BCUT2D eigenvalue weighted by Crippen LogP contribution is -2.46. The Labute approximate surface area is 154 Å². The predicted molar refractivity (Wildman–Crippen MR) is 84.0 cm³/mol. The number of piperazine rings is 1. The number of carbonyl (C=O) groups excluding carboxylic acids is 1. The van der Waals surface area contributed by atoms with Crippen molar-refractivity contribution in [1.29, 1.82) is 0 Å². The van der Waals surface area contributed by atoms with Crippen LogP contribution in [0.3, 0.4) is 0 Å². The number of nitrogens with zero attached hydrogens (tertiary/aromatic N) is 4. The van der Waals surface area contributed by atoms with Crippen molar-refractivity contribution < 1.29 is 31.1 Å². The molecule has 1 amide bonds. The van der Waals surface area contributed by atoms with Gasteiger partial charge in [-0.25, -0.2) is 4.98 Å². The molecule has 2 heterocycles. The maximum Gasteiger partial charge on any atom is 0.416 e. The van der Waals surface area contributed by atoms with Gasteiger partial charge in [0, 0.05) is 31.7 Å². The Morgan fingerprint density at radius 2 is 1.54 bits per heavy atom. The lowest BCUT2D eigenvalue weighted by Gasteiger charge is -2.26. The fourth-order valence-electron chi connectivity index (χ4n) is 2.65. The molecule has 0 aliphatic carbocycles. The SMILES string of the molecule is O=C(c1nncc(-c2cc(C(F)(F)F)cc(C(F)(F)F)c2)n1)N1CCNCC1. The summed E-state index contributed by atoms with van der Waals surface area (Å²) >= 11 is 0. The van der Waals surface area contributed by atoms with Crippen LogP contribution >= 0.6 is 0 Å². The van der Waals surface area contributed by atoms with Crippen molar-refractivity contribution in [2.24, 2.45) is 0 Å². The molecule has 0 spiro atoms. The van der Waals surface area contributed by atoms with Crippen LogP contribution in [0.5, 0.6) is 0 Å². The zero-order valence-electron chi connectivity index (χ0n) is 14.1. The van der Waals surface area contributed by atoms with E-state index in [1.54, 1.807) is 0 Å². The number of carbonyl (C=O) groups is 1. The molecule has 0 bridgehead atoms. The quantitative estimate of drug-likeness (QED) is 0.778. The van der Waals surface area contributed by atoms with Gasteiger partial charge in [-0.15, -0.1) is 5.10 Å². The van der Waals surface area contributed by atoms with E-state index >= 15 is 0 Å². The molecule has 0 radical (unpaired) electrons. The third-order valence-electron chi connectivity index (χ3n) is 4.04. The van der Waals surface area contributed by atoms with E-state index in [1.807, 2.05) is 0 Å². The summed E-state index contributed by atoms with van der Waals surface area (Å²) in [5, 5.41) is 10.1. The Bertz CT molecular complexity index is 844. The molecule has 1 N–H and O–H groups in total. The third kappa shape index (κ3) is 4.38. The van der Waals surface area contributed by atoms with Crippen LogP contribution < -0.4 is 5.32 Å². The van der Waals surface area contributed by atoms with E-state index in [2.05, 4.69) is 20.5 Å². The van der Waals surface area contributed by atoms with Gasteiger partial charge >= 0.3 is 12.4 Å². The maximum absolute atomic E-state index is 13.0. The minimum absolute atomic E-state index is 0.0188. The Kier molecular flexibility index (Phi) is 5.24. The smallest absolute Gasteiger partial charge is 0.333 e. The first kappa shape index (κ1) is 20.0. The number of hydrogen-bond acceptors (Lipinski definition) is 5. The van der Waals surface area contributed by atoms with Crippen molar-refractivity contribution in [3.05, 3.63) is 41.3 Å². The van der Waals surface area contributed by atoms with Crippen LogP contribution in [0, 0.1) is 0 Å². The Morgan fingerprint density at radius 1 is 0.964 bits per heavy atom. The highest BCUT2D eigenvalue weighted by Gasteiger charge is 2.37. The molecule has 150 valence electrons. The number of hydrogen-bond donors (Lipinski definition) is 1. The van der Waals surface area contributed by atoms with Crippen molar-refractivity contribution in [2.45, 2.75) is 12.4 Å². The molecule has 1 aromatic heterocycles. The van der Waals surface area contributed by atoms with Gasteiger partial charge in [0.2, 0.25) is 5.82 Å². The number of alkyl halides is 6. The number of benzene rings is 1. The second kappa shape index (κ2) is 7.34. The molecule has 1 aliphatic heterocycles. The van der Waals surface area contributed by atoms with Crippen LogP contribution in [0.1, 0.15) is 21.7 Å². The van der Waals surface area contributed by atoms with Crippen LogP contribution in [0.15, 0.2) is 24.4 Å². The van der Waals surface area contributed by atoms with E-state index < -0.39 is 40.8 Å². The second-order valence-electron chi connectivity index (χ2n) is 6.00. The molecule has 1 saturated heterocycles. The summed E-state index contributed by atoms with van der Waals surface area (Å²) in [6.45, 7) is 1.82. The Balaban J connectivity index is 2.02. The average molecular weight is 405 g/mol. The Hall–Kier alpha value is -2.76. The largest absolute Gasteiger partial charge is 0.416 e. The summed E-state index contributed by atoms with van der Waals surface area (Å²) in [6.07, 6.45) is -9.07. The molecule has 1 aromatic carbocycles. The van der Waals surface area contributed by atoms with E-state index in [0.717, 1.165) is 6.20 Å². The molecule has 0 saturated carbocycles. The van der Waals surface area contributed by atoms with Gasteiger partial charge in [0.1, 0.15) is 0 Å². The van der Waals surface area contributed by atoms with E-state index in [9.17, 15) is 31.1 Å². The summed E-state index contributed by atoms with van der Waals surface area (Å²) in [4.78, 5) is 17.7. The first-order chi connectivity index (χ1) is 13.1. The summed E-state index contributed by atoms with van der Waals surface area (Å²) in [6, 6.07) is 1.07. The van der Waals surface area contributed by atoms with E-state index in [-0.39, 0.29) is 11.8 Å². The molecule has 3 rings (SSSR count). The molecule has 1 aliphatic rings. The first-order valence-electron chi connectivity index (χ1n) is 8.05. The van der Waals surface area contributed by atoms with Gasteiger partial charge in [0.25, 0.3) is 5.91 Å². The minimum Gasteiger partial charge on any atom is -0.333 e. The maximum atomic E-state index is 13.0. The average Bonchev–Trinajstić information content (AvgIpc) is 2.66. The molecular formula is C16H13F6N5O. The first-order valence-corrected chi connectivity index (χ1v) is 8.05. The van der Waals surface area contributed by atoms with Gasteiger partial charge in [-0.1, -0.05) is 0 Å². The van der Waals surface area contributed by atoms with Gasteiger partial charge in [-0.05, 0) is 18.2 Å². The highest BCUT2D eigenvalue weighted by molar-refractivity contribution is 5.90. The zero-order chi connectivity index (χ0) is 20.5. The predicted octanol–water partition coefficient (Wildman–Crippen LogP) is 2.62. The fourth-order valence-corrected chi connectivity index (χ4v) is 2.65. The van der Waals surface area contributed by atoms with Crippen molar-refractivity contribution >= 4 is 5.91 Å². The van der Waals surface area contributed by atoms with E-state index in [4.69, 9.17) is 0 Å². The lowest BCUT2D eigenvalue weighted by molar-refractivity contribution is -0.143. The van der Waals surface area contributed by atoms with Crippen molar-refractivity contribution in [1.82, 2.24) is 25.4 Å². The van der Waals surface area contributed by atoms with Crippen LogP contribution in [0.25, 0.3) is 11.3 Å². The summed E-state index contributed by atoms with van der Waals surface area (Å²) in [5.41, 5.74) is -3.74. The summed E-state index contributed by atoms with van der Waals surface area (Å²) in [5.74, 6) is -0.996. The summed E-state index contributed by atoms with van der Waals surface area (Å²) < 4.78 is 78.1. The van der Waals surface area contributed by atoms with Gasteiger partial charge < -0.3 is 10.2 Å². The molecule has 28 heavy (non-hydrogen) atoms. The molecule has 1 fully saturated rings. The number of rotatable bonds is 2.